The molecular weight excluding hydrogens is 215 g/mol. The third kappa shape index (κ3) is 2.50. The molecule has 0 spiro atoms. The number of nitrogens with two attached hydrogens (primary N) is 1. The lowest BCUT2D eigenvalue weighted by molar-refractivity contribution is 0.619. The fraction of sp³-hybridized carbons (Fsp3) is 0.0714. The molecule has 86 valence electrons. The summed E-state index contributed by atoms with van der Waals surface area (Å²) < 4.78 is 13.5. The summed E-state index contributed by atoms with van der Waals surface area (Å²) in [5, 5.41) is 3.47. The molecule has 0 saturated heterocycles. The second kappa shape index (κ2) is 4.78. The molecule has 0 radical (unpaired) electrons. The minimum Gasteiger partial charge on any atom is -0.323 e. The molecule has 2 nitrogen and oxygen atoms in total. The first kappa shape index (κ1) is 11.3. The number of hydrogen-bond acceptors (Lipinski definition) is 2. The normalized spacial score (nSPS) is 10.9. The van der Waals surface area contributed by atoms with E-state index >= 15 is 0 Å². The molecule has 0 heterocycles. The Bertz CT molecular complexity index is 562. The van der Waals surface area contributed by atoms with E-state index in [9.17, 15) is 4.39 Å². The Hall–Kier alpha value is -2.16. The molecule has 0 aliphatic rings. The van der Waals surface area contributed by atoms with Crippen LogP contribution in [0.1, 0.15) is 11.1 Å². The van der Waals surface area contributed by atoms with Crippen LogP contribution in [-0.4, -0.2) is 6.21 Å². The smallest absolute Gasteiger partial charge is 0.126 e. The summed E-state index contributed by atoms with van der Waals surface area (Å²) >= 11 is 0. The first-order valence-corrected chi connectivity index (χ1v) is 5.30. The van der Waals surface area contributed by atoms with Crippen molar-refractivity contribution in [1.29, 1.82) is 0 Å². The van der Waals surface area contributed by atoms with Crippen molar-refractivity contribution >= 4 is 6.21 Å². The van der Waals surface area contributed by atoms with E-state index in [1.807, 2.05) is 30.3 Å². The average molecular weight is 228 g/mol. The van der Waals surface area contributed by atoms with Gasteiger partial charge >= 0.3 is 0 Å². The van der Waals surface area contributed by atoms with Crippen LogP contribution in [0.5, 0.6) is 0 Å². The van der Waals surface area contributed by atoms with Crippen LogP contribution in [0.25, 0.3) is 11.1 Å². The van der Waals surface area contributed by atoms with Gasteiger partial charge in [-0.2, -0.15) is 5.10 Å². The lowest BCUT2D eigenvalue weighted by Gasteiger charge is -2.04. The Kier molecular flexibility index (Phi) is 3.19. The molecule has 2 rings (SSSR count). The zero-order chi connectivity index (χ0) is 12.3. The number of benzene rings is 2. The maximum absolute atomic E-state index is 13.5. The molecule has 2 N–H and O–H groups in total. The van der Waals surface area contributed by atoms with E-state index in [-0.39, 0.29) is 5.82 Å². The number of nitrogens with zero attached hydrogens (tertiary/aromatic N) is 1. The van der Waals surface area contributed by atoms with Gasteiger partial charge in [0.05, 0.1) is 6.21 Å². The van der Waals surface area contributed by atoms with Gasteiger partial charge in [-0.3, -0.25) is 0 Å². The highest BCUT2D eigenvalue weighted by molar-refractivity contribution is 5.82. The van der Waals surface area contributed by atoms with Gasteiger partial charge in [0.2, 0.25) is 0 Å². The summed E-state index contributed by atoms with van der Waals surface area (Å²) in [6.07, 6.45) is 1.56. The topological polar surface area (TPSA) is 38.4 Å². The zero-order valence-electron chi connectivity index (χ0n) is 9.52. The summed E-state index contributed by atoms with van der Waals surface area (Å²) in [5.74, 6) is 4.91. The van der Waals surface area contributed by atoms with Gasteiger partial charge in [-0.15, -0.1) is 0 Å². The van der Waals surface area contributed by atoms with Crippen LogP contribution < -0.4 is 5.84 Å². The Labute approximate surface area is 99.6 Å². The molecule has 0 bridgehead atoms. The molecule has 0 fully saturated rings. The predicted octanol–water partition coefficient (Wildman–Crippen LogP) is 3.09. The fourth-order valence-electron chi connectivity index (χ4n) is 1.66. The first-order chi connectivity index (χ1) is 8.20. The number of rotatable bonds is 2. The van der Waals surface area contributed by atoms with Crippen LogP contribution in [-0.2, 0) is 0 Å². The lowest BCUT2D eigenvalue weighted by Crippen LogP contribution is -1.88. The van der Waals surface area contributed by atoms with E-state index < -0.39 is 0 Å². The summed E-state index contributed by atoms with van der Waals surface area (Å²) in [7, 11) is 0. The van der Waals surface area contributed by atoms with Crippen molar-refractivity contribution in [2.75, 3.05) is 0 Å². The molecular formula is C14H13FN2. The van der Waals surface area contributed by atoms with Crippen LogP contribution in [0.4, 0.5) is 4.39 Å². The molecule has 2 aromatic carbocycles. The van der Waals surface area contributed by atoms with Crippen molar-refractivity contribution < 1.29 is 4.39 Å². The molecule has 0 saturated carbocycles. The second-order valence-electron chi connectivity index (χ2n) is 3.87. The van der Waals surface area contributed by atoms with E-state index in [0.717, 1.165) is 16.7 Å². The quantitative estimate of drug-likeness (QED) is 0.479. The summed E-state index contributed by atoms with van der Waals surface area (Å²) in [6.45, 7) is 1.75. The molecule has 0 aromatic heterocycles. The molecule has 0 aliphatic carbocycles. The number of halogens is 1. The number of hydrogen-bond donors (Lipinski definition) is 1. The Morgan fingerprint density at radius 1 is 1.12 bits per heavy atom. The average Bonchev–Trinajstić information content (AvgIpc) is 2.33. The van der Waals surface area contributed by atoms with Crippen molar-refractivity contribution in [2.24, 2.45) is 10.9 Å². The minimum atomic E-state index is -0.194. The van der Waals surface area contributed by atoms with Gasteiger partial charge < -0.3 is 5.84 Å². The SMILES string of the molecule is Cc1ccc(-c2cccc(C=NN)c2)cc1F. The molecule has 0 aliphatic heterocycles. The van der Waals surface area contributed by atoms with Crippen molar-refractivity contribution in [1.82, 2.24) is 0 Å². The standard InChI is InChI=1S/C14H13FN2/c1-10-5-6-13(8-14(10)15)12-4-2-3-11(7-12)9-17-16/h2-9H,16H2,1H3. The van der Waals surface area contributed by atoms with Crippen LogP contribution in [0.2, 0.25) is 0 Å². The van der Waals surface area contributed by atoms with Gasteiger partial charge in [-0.05, 0) is 41.3 Å². The molecule has 0 unspecified atom stereocenters. The van der Waals surface area contributed by atoms with Crippen LogP contribution in [0, 0.1) is 12.7 Å². The summed E-state index contributed by atoms with van der Waals surface area (Å²) in [4.78, 5) is 0. The van der Waals surface area contributed by atoms with Gasteiger partial charge in [-0.1, -0.05) is 30.3 Å². The van der Waals surface area contributed by atoms with E-state index in [4.69, 9.17) is 5.84 Å². The Morgan fingerprint density at radius 3 is 2.59 bits per heavy atom. The van der Waals surface area contributed by atoms with Gasteiger partial charge in [-0.25, -0.2) is 4.39 Å². The molecule has 2 aromatic rings. The molecule has 0 atom stereocenters. The van der Waals surface area contributed by atoms with E-state index in [1.54, 1.807) is 19.2 Å². The zero-order valence-corrected chi connectivity index (χ0v) is 9.52. The van der Waals surface area contributed by atoms with Crippen molar-refractivity contribution in [3.05, 3.63) is 59.4 Å². The summed E-state index contributed by atoms with van der Waals surface area (Å²) in [6, 6.07) is 12.8. The molecule has 3 heteroatoms. The summed E-state index contributed by atoms with van der Waals surface area (Å²) in [5.41, 5.74) is 3.33. The Morgan fingerprint density at radius 2 is 1.88 bits per heavy atom. The van der Waals surface area contributed by atoms with Gasteiger partial charge in [0.1, 0.15) is 5.82 Å². The molecule has 17 heavy (non-hydrogen) atoms. The van der Waals surface area contributed by atoms with E-state index in [0.29, 0.717) is 5.56 Å². The third-order valence-electron chi connectivity index (χ3n) is 2.62. The van der Waals surface area contributed by atoms with Crippen LogP contribution >= 0.6 is 0 Å². The third-order valence-corrected chi connectivity index (χ3v) is 2.62. The number of hydrazone groups is 1. The van der Waals surface area contributed by atoms with Crippen molar-refractivity contribution in [3.8, 4) is 11.1 Å². The largest absolute Gasteiger partial charge is 0.323 e. The second-order valence-corrected chi connectivity index (χ2v) is 3.87. The van der Waals surface area contributed by atoms with Gasteiger partial charge in [0.25, 0.3) is 0 Å². The van der Waals surface area contributed by atoms with Crippen molar-refractivity contribution in [2.45, 2.75) is 6.92 Å². The highest BCUT2D eigenvalue weighted by atomic mass is 19.1. The van der Waals surface area contributed by atoms with Crippen LogP contribution in [0.3, 0.4) is 0 Å². The van der Waals surface area contributed by atoms with Gasteiger partial charge in [0, 0.05) is 0 Å². The lowest BCUT2D eigenvalue weighted by atomic mass is 10.0. The Balaban J connectivity index is 2.45. The number of aryl methyl sites for hydroxylation is 1. The first-order valence-electron chi connectivity index (χ1n) is 5.30. The minimum absolute atomic E-state index is 0.194. The maximum Gasteiger partial charge on any atom is 0.126 e. The highest BCUT2D eigenvalue weighted by Crippen LogP contribution is 2.22. The fourth-order valence-corrected chi connectivity index (χ4v) is 1.66. The molecule has 0 amide bonds. The van der Waals surface area contributed by atoms with Crippen LogP contribution in [0.15, 0.2) is 47.6 Å². The maximum atomic E-state index is 13.5. The van der Waals surface area contributed by atoms with Gasteiger partial charge in [0.15, 0.2) is 0 Å². The van der Waals surface area contributed by atoms with E-state index in [1.165, 1.54) is 6.07 Å². The van der Waals surface area contributed by atoms with Crippen molar-refractivity contribution in [3.63, 3.8) is 0 Å². The predicted molar refractivity (Wildman–Crippen MR) is 68.4 cm³/mol. The monoisotopic (exact) mass is 228 g/mol. The highest BCUT2D eigenvalue weighted by Gasteiger charge is 2.02. The van der Waals surface area contributed by atoms with E-state index in [2.05, 4.69) is 5.10 Å².